The monoisotopic (exact) mass is 246 g/mol. The van der Waals surface area contributed by atoms with Crippen molar-refractivity contribution in [3.05, 3.63) is 29.3 Å². The zero-order chi connectivity index (χ0) is 13.0. The maximum atomic E-state index is 11.6. The topological polar surface area (TPSA) is 35.5 Å². The zero-order valence-corrected chi connectivity index (χ0v) is 10.9. The van der Waals surface area contributed by atoms with E-state index in [1.807, 2.05) is 31.2 Å². The molecule has 96 valence electrons. The van der Waals surface area contributed by atoms with Gasteiger partial charge in [-0.05, 0) is 49.1 Å². The molecular weight excluding hydrogens is 228 g/mol. The van der Waals surface area contributed by atoms with Crippen LogP contribution in [0.25, 0.3) is 6.08 Å². The molecule has 0 aromatic heterocycles. The van der Waals surface area contributed by atoms with Crippen molar-refractivity contribution in [2.24, 2.45) is 0 Å². The summed E-state index contributed by atoms with van der Waals surface area (Å²) in [6.07, 6.45) is 4.49. The second-order valence-corrected chi connectivity index (χ2v) is 4.29. The highest BCUT2D eigenvalue weighted by atomic mass is 16.5. The Morgan fingerprint density at radius 1 is 1.28 bits per heavy atom. The van der Waals surface area contributed by atoms with Crippen LogP contribution in [0.15, 0.2) is 23.8 Å². The highest BCUT2D eigenvalue weighted by molar-refractivity contribution is 6.01. The summed E-state index contributed by atoms with van der Waals surface area (Å²) < 4.78 is 10.8. The molecule has 2 rings (SSSR count). The average molecular weight is 246 g/mol. The Balaban J connectivity index is 2.27. The maximum Gasteiger partial charge on any atom is 0.161 e. The Kier molecular flexibility index (Phi) is 4.03. The van der Waals surface area contributed by atoms with E-state index in [1.165, 1.54) is 0 Å². The lowest BCUT2D eigenvalue weighted by molar-refractivity contribution is -0.114. The third-order valence-electron chi connectivity index (χ3n) is 3.04. The lowest BCUT2D eigenvalue weighted by atomic mass is 10.1. The minimum absolute atomic E-state index is 0.267. The van der Waals surface area contributed by atoms with Crippen LogP contribution in [-0.2, 0) is 4.79 Å². The molecule has 1 aliphatic rings. The van der Waals surface area contributed by atoms with Gasteiger partial charge in [-0.3, -0.25) is 4.79 Å². The molecule has 0 bridgehead atoms. The summed E-state index contributed by atoms with van der Waals surface area (Å²) in [6.45, 7) is 2.54. The number of benzene rings is 1. The molecule has 1 aromatic carbocycles. The fraction of sp³-hybridized carbons (Fsp3) is 0.400. The second kappa shape index (κ2) is 5.71. The van der Waals surface area contributed by atoms with Crippen LogP contribution < -0.4 is 9.47 Å². The predicted octanol–water partition coefficient (Wildman–Crippen LogP) is 3.23. The summed E-state index contributed by atoms with van der Waals surface area (Å²) in [5, 5.41) is 0. The largest absolute Gasteiger partial charge is 0.493 e. The maximum absolute atomic E-state index is 11.6. The highest BCUT2D eigenvalue weighted by Gasteiger charge is 2.16. The van der Waals surface area contributed by atoms with Gasteiger partial charge in [0.2, 0.25) is 0 Å². The number of rotatable bonds is 4. The fourth-order valence-corrected chi connectivity index (χ4v) is 2.14. The minimum atomic E-state index is 0.267. The van der Waals surface area contributed by atoms with Crippen molar-refractivity contribution in [3.8, 4) is 11.5 Å². The van der Waals surface area contributed by atoms with Crippen molar-refractivity contribution < 1.29 is 14.3 Å². The lowest BCUT2D eigenvalue weighted by Crippen LogP contribution is -1.96. The fourth-order valence-electron chi connectivity index (χ4n) is 2.14. The average Bonchev–Trinajstić information content (AvgIpc) is 2.77. The molecule has 18 heavy (non-hydrogen) atoms. The molecule has 1 aliphatic carbocycles. The smallest absolute Gasteiger partial charge is 0.161 e. The van der Waals surface area contributed by atoms with Gasteiger partial charge in [0.05, 0.1) is 13.7 Å². The zero-order valence-electron chi connectivity index (χ0n) is 10.9. The summed E-state index contributed by atoms with van der Waals surface area (Å²) in [6, 6.07) is 5.74. The molecule has 0 saturated heterocycles. The van der Waals surface area contributed by atoms with E-state index in [4.69, 9.17) is 9.47 Å². The number of allylic oxidation sites excluding steroid dienone is 1. The van der Waals surface area contributed by atoms with Crippen LogP contribution >= 0.6 is 0 Å². The summed E-state index contributed by atoms with van der Waals surface area (Å²) in [4.78, 5) is 11.6. The quantitative estimate of drug-likeness (QED) is 0.765. The van der Waals surface area contributed by atoms with E-state index in [1.54, 1.807) is 7.11 Å². The van der Waals surface area contributed by atoms with E-state index >= 15 is 0 Å². The molecule has 0 amide bonds. The Morgan fingerprint density at radius 2 is 2.11 bits per heavy atom. The number of methoxy groups -OCH3 is 1. The van der Waals surface area contributed by atoms with Gasteiger partial charge in [0.25, 0.3) is 0 Å². The van der Waals surface area contributed by atoms with E-state index in [0.29, 0.717) is 18.8 Å². The van der Waals surface area contributed by atoms with Crippen LogP contribution in [0.2, 0.25) is 0 Å². The van der Waals surface area contributed by atoms with Crippen LogP contribution in [0.5, 0.6) is 11.5 Å². The van der Waals surface area contributed by atoms with Gasteiger partial charge in [-0.25, -0.2) is 0 Å². The van der Waals surface area contributed by atoms with E-state index < -0.39 is 0 Å². The van der Waals surface area contributed by atoms with Gasteiger partial charge in [0.15, 0.2) is 17.3 Å². The van der Waals surface area contributed by atoms with Gasteiger partial charge in [0, 0.05) is 6.42 Å². The van der Waals surface area contributed by atoms with Crippen molar-refractivity contribution in [1.82, 2.24) is 0 Å². The second-order valence-electron chi connectivity index (χ2n) is 4.29. The van der Waals surface area contributed by atoms with Crippen molar-refractivity contribution in [3.63, 3.8) is 0 Å². The first-order valence-corrected chi connectivity index (χ1v) is 6.29. The van der Waals surface area contributed by atoms with Crippen LogP contribution in [0.4, 0.5) is 0 Å². The van der Waals surface area contributed by atoms with Gasteiger partial charge in [-0.2, -0.15) is 0 Å². The number of Topliss-reactive ketones (excluding diaryl/α,β-unsaturated/α-hetero) is 1. The summed E-state index contributed by atoms with van der Waals surface area (Å²) >= 11 is 0. The minimum Gasteiger partial charge on any atom is -0.493 e. The van der Waals surface area contributed by atoms with Crippen LogP contribution in [0, 0.1) is 0 Å². The molecule has 3 nitrogen and oxygen atoms in total. The Labute approximate surface area is 107 Å². The van der Waals surface area contributed by atoms with Crippen LogP contribution in [-0.4, -0.2) is 19.5 Å². The number of carbonyl (C=O) groups is 1. The summed E-state index contributed by atoms with van der Waals surface area (Å²) in [5.74, 6) is 1.71. The van der Waals surface area contributed by atoms with Gasteiger partial charge >= 0.3 is 0 Å². The molecule has 0 aliphatic heterocycles. The first-order chi connectivity index (χ1) is 8.74. The third-order valence-corrected chi connectivity index (χ3v) is 3.04. The molecule has 0 spiro atoms. The molecule has 3 heteroatoms. The van der Waals surface area contributed by atoms with E-state index in [9.17, 15) is 4.79 Å². The van der Waals surface area contributed by atoms with Crippen molar-refractivity contribution in [2.45, 2.75) is 26.2 Å². The molecule has 0 heterocycles. The number of hydrogen-bond donors (Lipinski definition) is 0. The van der Waals surface area contributed by atoms with Gasteiger partial charge in [-0.1, -0.05) is 6.07 Å². The molecule has 1 saturated carbocycles. The number of ketones is 1. The van der Waals surface area contributed by atoms with Gasteiger partial charge < -0.3 is 9.47 Å². The van der Waals surface area contributed by atoms with E-state index in [2.05, 4.69) is 0 Å². The van der Waals surface area contributed by atoms with Crippen LogP contribution in [0.1, 0.15) is 31.7 Å². The normalized spacial score (nSPS) is 17.2. The molecule has 0 N–H and O–H groups in total. The molecule has 1 aromatic rings. The highest BCUT2D eigenvalue weighted by Crippen LogP contribution is 2.30. The molecule has 0 atom stereocenters. The Hall–Kier alpha value is -1.77. The van der Waals surface area contributed by atoms with E-state index in [0.717, 1.165) is 29.7 Å². The molecular formula is C15H18O3. The first kappa shape index (κ1) is 12.7. The van der Waals surface area contributed by atoms with Gasteiger partial charge in [0.1, 0.15) is 0 Å². The van der Waals surface area contributed by atoms with Crippen molar-refractivity contribution in [1.29, 1.82) is 0 Å². The van der Waals surface area contributed by atoms with Crippen molar-refractivity contribution in [2.75, 3.05) is 13.7 Å². The van der Waals surface area contributed by atoms with E-state index in [-0.39, 0.29) is 5.78 Å². The molecule has 0 radical (unpaired) electrons. The Morgan fingerprint density at radius 3 is 2.72 bits per heavy atom. The summed E-state index contributed by atoms with van der Waals surface area (Å²) in [7, 11) is 1.62. The van der Waals surface area contributed by atoms with Gasteiger partial charge in [-0.15, -0.1) is 0 Å². The SMILES string of the molecule is CCOc1ccc(/C=C2\CCCC2=O)cc1OC. The third kappa shape index (κ3) is 2.73. The predicted molar refractivity (Wildman–Crippen MR) is 71.0 cm³/mol. The number of ether oxygens (including phenoxy) is 2. The number of carbonyl (C=O) groups excluding carboxylic acids is 1. The molecule has 0 unspecified atom stereocenters. The Bertz CT molecular complexity index is 475. The number of hydrogen-bond acceptors (Lipinski definition) is 3. The lowest BCUT2D eigenvalue weighted by Gasteiger charge is -2.09. The first-order valence-electron chi connectivity index (χ1n) is 6.29. The van der Waals surface area contributed by atoms with Crippen LogP contribution in [0.3, 0.4) is 0 Å². The molecule has 1 fully saturated rings. The van der Waals surface area contributed by atoms with Crippen molar-refractivity contribution >= 4 is 11.9 Å². The standard InChI is InChI=1S/C15H18O3/c1-3-18-14-8-7-11(10-15(14)17-2)9-12-5-4-6-13(12)16/h7-10H,3-6H2,1-2H3/b12-9+. The summed E-state index contributed by atoms with van der Waals surface area (Å²) in [5.41, 5.74) is 1.90.